The highest BCUT2D eigenvalue weighted by Gasteiger charge is 2.09. The lowest BCUT2D eigenvalue weighted by Gasteiger charge is -2.18. The number of carbonyl (C=O) groups is 1. The number of nitrogens with zero attached hydrogens (tertiary/aromatic N) is 3. The van der Waals surface area contributed by atoms with Crippen molar-refractivity contribution in [3.63, 3.8) is 0 Å². The van der Waals surface area contributed by atoms with Crippen molar-refractivity contribution in [3.05, 3.63) is 16.6 Å². The van der Waals surface area contributed by atoms with Crippen molar-refractivity contribution in [2.75, 3.05) is 25.1 Å². The summed E-state index contributed by atoms with van der Waals surface area (Å²) in [5.41, 5.74) is 0.637. The third-order valence-corrected chi connectivity index (χ3v) is 2.30. The summed E-state index contributed by atoms with van der Waals surface area (Å²) in [6.45, 7) is 2.15. The Hall–Kier alpha value is -1.07. The SMILES string of the molecule is C.CC(=O)OCCN(C)c1cnc(Cl)nc1Cl. The van der Waals surface area contributed by atoms with Crippen molar-refractivity contribution in [3.8, 4) is 0 Å². The fourth-order valence-electron chi connectivity index (χ4n) is 1.04. The molecule has 0 unspecified atom stereocenters. The van der Waals surface area contributed by atoms with Crippen LogP contribution in [0.25, 0.3) is 0 Å². The van der Waals surface area contributed by atoms with E-state index in [9.17, 15) is 4.79 Å². The van der Waals surface area contributed by atoms with Gasteiger partial charge >= 0.3 is 5.97 Å². The molecule has 0 aliphatic carbocycles. The summed E-state index contributed by atoms with van der Waals surface area (Å²) in [7, 11) is 1.79. The number of hydrogen-bond acceptors (Lipinski definition) is 5. The van der Waals surface area contributed by atoms with E-state index in [-0.39, 0.29) is 30.4 Å². The number of anilines is 1. The van der Waals surface area contributed by atoms with E-state index in [1.54, 1.807) is 11.9 Å². The van der Waals surface area contributed by atoms with Gasteiger partial charge in [-0.05, 0) is 11.6 Å². The zero-order chi connectivity index (χ0) is 12.1. The fraction of sp³-hybridized carbons (Fsp3) is 0.500. The molecule has 7 heteroatoms. The lowest BCUT2D eigenvalue weighted by Crippen LogP contribution is -2.24. The summed E-state index contributed by atoms with van der Waals surface area (Å²) in [5, 5.41) is 0.368. The van der Waals surface area contributed by atoms with Crippen molar-refractivity contribution in [2.24, 2.45) is 0 Å². The maximum absolute atomic E-state index is 10.6. The minimum absolute atomic E-state index is 0. The van der Waals surface area contributed by atoms with Crippen LogP contribution in [0.5, 0.6) is 0 Å². The number of ether oxygens (including phenoxy) is 1. The largest absolute Gasteiger partial charge is 0.464 e. The minimum atomic E-state index is -0.313. The van der Waals surface area contributed by atoms with Crippen molar-refractivity contribution in [1.29, 1.82) is 0 Å². The second kappa shape index (κ2) is 7.29. The maximum Gasteiger partial charge on any atom is 0.302 e. The highest BCUT2D eigenvalue weighted by molar-refractivity contribution is 6.33. The number of likely N-dealkylation sites (N-methyl/N-ethyl adjacent to an activating group) is 1. The third kappa shape index (κ3) is 5.19. The van der Waals surface area contributed by atoms with E-state index in [0.717, 1.165) is 0 Å². The van der Waals surface area contributed by atoms with Gasteiger partial charge in [0.15, 0.2) is 5.15 Å². The van der Waals surface area contributed by atoms with Crippen molar-refractivity contribution < 1.29 is 9.53 Å². The Kier molecular flexibility index (Phi) is 6.83. The van der Waals surface area contributed by atoms with Crippen LogP contribution in [-0.4, -0.2) is 36.1 Å². The van der Waals surface area contributed by atoms with E-state index in [2.05, 4.69) is 9.97 Å². The number of rotatable bonds is 4. The van der Waals surface area contributed by atoms with E-state index in [1.807, 2.05) is 0 Å². The highest BCUT2D eigenvalue weighted by atomic mass is 35.5. The van der Waals surface area contributed by atoms with Crippen LogP contribution in [0.4, 0.5) is 5.69 Å². The first-order valence-corrected chi connectivity index (χ1v) is 5.29. The zero-order valence-electron chi connectivity index (χ0n) is 8.91. The fourth-order valence-corrected chi connectivity index (χ4v) is 1.49. The highest BCUT2D eigenvalue weighted by Crippen LogP contribution is 2.22. The molecule has 0 saturated heterocycles. The van der Waals surface area contributed by atoms with Crippen molar-refractivity contribution >= 4 is 34.9 Å². The smallest absolute Gasteiger partial charge is 0.302 e. The van der Waals surface area contributed by atoms with Crippen molar-refractivity contribution in [1.82, 2.24) is 9.97 Å². The van der Waals surface area contributed by atoms with E-state index in [1.165, 1.54) is 13.1 Å². The Morgan fingerprint density at radius 3 is 2.71 bits per heavy atom. The van der Waals surface area contributed by atoms with E-state index in [4.69, 9.17) is 27.9 Å². The van der Waals surface area contributed by atoms with Crippen molar-refractivity contribution in [2.45, 2.75) is 14.4 Å². The lowest BCUT2D eigenvalue weighted by molar-refractivity contribution is -0.140. The van der Waals surface area contributed by atoms with Gasteiger partial charge in [-0.15, -0.1) is 0 Å². The molecule has 0 spiro atoms. The van der Waals surface area contributed by atoms with Gasteiger partial charge in [-0.3, -0.25) is 4.79 Å². The molecule has 0 amide bonds. The van der Waals surface area contributed by atoms with Gasteiger partial charge < -0.3 is 9.64 Å². The Bertz CT molecular complexity index is 388. The molecule has 0 radical (unpaired) electrons. The van der Waals surface area contributed by atoms with Crippen LogP contribution < -0.4 is 4.90 Å². The molecule has 0 N–H and O–H groups in total. The number of esters is 1. The van der Waals surface area contributed by atoms with Crippen LogP contribution in [0.2, 0.25) is 10.4 Å². The normalized spacial score (nSPS) is 9.41. The molecule has 0 aromatic carbocycles. The predicted molar refractivity (Wildman–Crippen MR) is 68.7 cm³/mol. The molecule has 1 rings (SSSR count). The standard InChI is InChI=1S/C9H11Cl2N3O2.CH4/c1-6(15)16-4-3-14(2)7-5-12-9(11)13-8(7)10;/h5H,3-4H2,1-2H3;1H4. The average Bonchev–Trinajstić information content (AvgIpc) is 2.16. The Morgan fingerprint density at radius 1 is 1.53 bits per heavy atom. The van der Waals surface area contributed by atoms with E-state index < -0.39 is 0 Å². The molecule has 1 aromatic rings. The molecular weight excluding hydrogens is 265 g/mol. The van der Waals surface area contributed by atoms with Gasteiger partial charge in [0.2, 0.25) is 5.28 Å². The van der Waals surface area contributed by atoms with Crippen LogP contribution in [0.3, 0.4) is 0 Å². The second-order valence-corrected chi connectivity index (χ2v) is 3.77. The molecule has 17 heavy (non-hydrogen) atoms. The van der Waals surface area contributed by atoms with Crippen LogP contribution in [0.1, 0.15) is 14.4 Å². The lowest BCUT2D eigenvalue weighted by atomic mass is 10.4. The van der Waals surface area contributed by atoms with Crippen LogP contribution in [0.15, 0.2) is 6.20 Å². The Labute approximate surface area is 111 Å². The second-order valence-electron chi connectivity index (χ2n) is 3.08. The first-order chi connectivity index (χ1) is 7.50. The van der Waals surface area contributed by atoms with Gasteiger partial charge in [0, 0.05) is 14.0 Å². The summed E-state index contributed by atoms with van der Waals surface area (Å²) in [4.78, 5) is 20.0. The number of halogens is 2. The first-order valence-electron chi connectivity index (χ1n) is 4.53. The number of aromatic nitrogens is 2. The van der Waals surface area contributed by atoms with Gasteiger partial charge in [-0.2, -0.15) is 0 Å². The Balaban J connectivity index is 0.00000256. The summed E-state index contributed by atoms with van der Waals surface area (Å²) >= 11 is 11.5. The molecule has 1 heterocycles. The first kappa shape index (κ1) is 15.9. The summed E-state index contributed by atoms with van der Waals surface area (Å²) < 4.78 is 4.81. The Morgan fingerprint density at radius 2 is 2.18 bits per heavy atom. The maximum atomic E-state index is 10.6. The monoisotopic (exact) mass is 279 g/mol. The summed E-state index contributed by atoms with van der Waals surface area (Å²) in [5.74, 6) is -0.313. The van der Waals surface area contributed by atoms with Crippen LogP contribution >= 0.6 is 23.2 Å². The van der Waals surface area contributed by atoms with Crippen LogP contribution in [-0.2, 0) is 9.53 Å². The molecule has 0 aliphatic heterocycles. The molecule has 5 nitrogen and oxygen atoms in total. The average molecular weight is 280 g/mol. The molecule has 96 valence electrons. The minimum Gasteiger partial charge on any atom is -0.464 e. The third-order valence-electron chi connectivity index (χ3n) is 1.84. The van der Waals surface area contributed by atoms with Gasteiger partial charge in [-0.25, -0.2) is 9.97 Å². The molecule has 0 aliphatic rings. The molecular formula is C10H15Cl2N3O2. The van der Waals surface area contributed by atoms with Gasteiger partial charge in [0.1, 0.15) is 6.61 Å². The number of hydrogen-bond donors (Lipinski definition) is 0. The van der Waals surface area contributed by atoms with Gasteiger partial charge in [0.25, 0.3) is 0 Å². The van der Waals surface area contributed by atoms with E-state index >= 15 is 0 Å². The van der Waals surface area contributed by atoms with Crippen LogP contribution in [0, 0.1) is 0 Å². The van der Waals surface area contributed by atoms with E-state index in [0.29, 0.717) is 12.2 Å². The molecule has 0 fully saturated rings. The topological polar surface area (TPSA) is 55.3 Å². The van der Waals surface area contributed by atoms with Gasteiger partial charge in [-0.1, -0.05) is 19.0 Å². The molecule has 0 bridgehead atoms. The summed E-state index contributed by atoms with van der Waals surface area (Å²) in [6, 6.07) is 0. The van der Waals surface area contributed by atoms with Gasteiger partial charge in [0.05, 0.1) is 18.4 Å². The molecule has 1 aromatic heterocycles. The number of carbonyl (C=O) groups excluding carboxylic acids is 1. The molecule has 0 atom stereocenters. The summed E-state index contributed by atoms with van der Waals surface area (Å²) in [6.07, 6.45) is 1.52. The quantitative estimate of drug-likeness (QED) is 0.481. The molecule has 0 saturated carbocycles. The predicted octanol–water partition coefficient (Wildman–Crippen LogP) is 2.42. The zero-order valence-corrected chi connectivity index (χ0v) is 10.4.